The molecule has 1 aromatic carbocycles. The molecule has 2 rings (SSSR count). The molecule has 168 valence electrons. The van der Waals surface area contributed by atoms with Gasteiger partial charge in [-0.15, -0.1) is 0 Å². The standard InChI is InChI=1S/C25H38O5/c1-3-4-5-6-7-8-9-10-11-12-13-14-15-16-25(29)18-21(27)23-22(30-25)17-20(26)19(2)24(23)28/h6-7,17,26,28-29H,3-5,8-16,18H2,1-2H3/b7-6+. The lowest BCUT2D eigenvalue weighted by atomic mass is 9.92. The molecule has 0 fully saturated rings. The van der Waals surface area contributed by atoms with Gasteiger partial charge in [0, 0.05) is 18.1 Å². The minimum Gasteiger partial charge on any atom is -0.507 e. The fourth-order valence-corrected chi connectivity index (χ4v) is 3.90. The van der Waals surface area contributed by atoms with Gasteiger partial charge in [0.05, 0.1) is 6.42 Å². The molecule has 5 heteroatoms. The van der Waals surface area contributed by atoms with E-state index in [0.717, 1.165) is 19.3 Å². The van der Waals surface area contributed by atoms with Gasteiger partial charge in [-0.05, 0) is 32.6 Å². The summed E-state index contributed by atoms with van der Waals surface area (Å²) in [5, 5.41) is 30.7. The molecule has 0 aromatic heterocycles. The molecule has 0 bridgehead atoms. The summed E-state index contributed by atoms with van der Waals surface area (Å²) in [6.07, 6.45) is 17.5. The lowest BCUT2D eigenvalue weighted by Crippen LogP contribution is -2.41. The van der Waals surface area contributed by atoms with Crippen molar-refractivity contribution in [2.24, 2.45) is 0 Å². The van der Waals surface area contributed by atoms with Crippen molar-refractivity contribution in [3.8, 4) is 17.2 Å². The SMILES string of the molecule is CCCC/C=C/CCCCCCCCCC1(O)CC(=O)c2c(cc(O)c(C)c2O)O1. The minimum atomic E-state index is -1.57. The lowest BCUT2D eigenvalue weighted by molar-refractivity contribution is -0.145. The van der Waals surface area contributed by atoms with E-state index >= 15 is 0 Å². The number of carbonyl (C=O) groups excluding carboxylic acids is 1. The smallest absolute Gasteiger partial charge is 0.215 e. The van der Waals surface area contributed by atoms with E-state index < -0.39 is 5.79 Å². The summed E-state index contributed by atoms with van der Waals surface area (Å²) in [5.74, 6) is -2.29. The second-order valence-electron chi connectivity index (χ2n) is 8.52. The van der Waals surface area contributed by atoms with E-state index in [1.54, 1.807) is 0 Å². The third kappa shape index (κ3) is 7.05. The van der Waals surface area contributed by atoms with E-state index in [-0.39, 0.29) is 40.6 Å². The Kier molecular flexibility index (Phi) is 9.70. The first kappa shape index (κ1) is 24.3. The van der Waals surface area contributed by atoms with Gasteiger partial charge in [-0.1, -0.05) is 64.0 Å². The van der Waals surface area contributed by atoms with Crippen LogP contribution in [0.15, 0.2) is 18.2 Å². The molecule has 1 heterocycles. The Morgan fingerprint density at radius 1 is 1.00 bits per heavy atom. The van der Waals surface area contributed by atoms with E-state index in [4.69, 9.17) is 4.74 Å². The summed E-state index contributed by atoms with van der Waals surface area (Å²) >= 11 is 0. The van der Waals surface area contributed by atoms with Crippen molar-refractivity contribution in [2.45, 2.75) is 103 Å². The van der Waals surface area contributed by atoms with Crippen LogP contribution in [0.4, 0.5) is 0 Å². The van der Waals surface area contributed by atoms with Crippen molar-refractivity contribution in [1.29, 1.82) is 0 Å². The van der Waals surface area contributed by atoms with Crippen molar-refractivity contribution >= 4 is 5.78 Å². The first-order valence-corrected chi connectivity index (χ1v) is 11.5. The number of fused-ring (bicyclic) bond motifs is 1. The largest absolute Gasteiger partial charge is 0.507 e. The number of carbonyl (C=O) groups is 1. The van der Waals surface area contributed by atoms with Gasteiger partial charge in [-0.25, -0.2) is 0 Å². The Labute approximate surface area is 180 Å². The average molecular weight is 419 g/mol. The summed E-state index contributed by atoms with van der Waals surface area (Å²) in [6, 6.07) is 1.30. The van der Waals surface area contributed by atoms with Gasteiger partial charge < -0.3 is 20.1 Å². The Morgan fingerprint density at radius 2 is 1.60 bits per heavy atom. The fourth-order valence-electron chi connectivity index (χ4n) is 3.90. The van der Waals surface area contributed by atoms with Crippen molar-refractivity contribution in [1.82, 2.24) is 0 Å². The second kappa shape index (κ2) is 12.0. The van der Waals surface area contributed by atoms with Crippen LogP contribution in [0.2, 0.25) is 0 Å². The molecule has 1 aliphatic rings. The molecule has 0 saturated heterocycles. The molecular weight excluding hydrogens is 380 g/mol. The molecule has 1 unspecified atom stereocenters. The van der Waals surface area contributed by atoms with Crippen LogP contribution < -0.4 is 4.74 Å². The monoisotopic (exact) mass is 418 g/mol. The maximum atomic E-state index is 12.4. The summed E-state index contributed by atoms with van der Waals surface area (Å²) in [6.45, 7) is 3.75. The molecule has 1 aromatic rings. The van der Waals surface area contributed by atoms with Crippen LogP contribution >= 0.6 is 0 Å². The first-order chi connectivity index (χ1) is 14.4. The zero-order chi connectivity index (χ0) is 22.0. The first-order valence-electron chi connectivity index (χ1n) is 11.5. The molecule has 1 atom stereocenters. The van der Waals surface area contributed by atoms with Crippen LogP contribution in [-0.4, -0.2) is 26.9 Å². The number of allylic oxidation sites excluding steroid dienone is 2. The van der Waals surface area contributed by atoms with Crippen molar-refractivity contribution in [3.05, 3.63) is 29.3 Å². The number of rotatable bonds is 13. The predicted octanol–water partition coefficient (Wildman–Crippen LogP) is 6.32. The van der Waals surface area contributed by atoms with Gasteiger partial charge in [-0.3, -0.25) is 4.79 Å². The number of hydrogen-bond donors (Lipinski definition) is 3. The zero-order valence-electron chi connectivity index (χ0n) is 18.6. The predicted molar refractivity (Wildman–Crippen MR) is 119 cm³/mol. The molecule has 0 radical (unpaired) electrons. The zero-order valence-corrected chi connectivity index (χ0v) is 18.6. The van der Waals surface area contributed by atoms with Crippen LogP contribution in [-0.2, 0) is 0 Å². The van der Waals surface area contributed by atoms with E-state index in [1.807, 2.05) is 0 Å². The van der Waals surface area contributed by atoms with Gasteiger partial charge in [0.2, 0.25) is 5.79 Å². The second-order valence-corrected chi connectivity index (χ2v) is 8.52. The van der Waals surface area contributed by atoms with E-state index in [1.165, 1.54) is 64.4 Å². The maximum Gasteiger partial charge on any atom is 0.215 e. The quantitative estimate of drug-likeness (QED) is 0.258. The highest BCUT2D eigenvalue weighted by Crippen LogP contribution is 2.43. The van der Waals surface area contributed by atoms with Crippen LogP contribution in [0.3, 0.4) is 0 Å². The number of phenolic OH excluding ortho intramolecular Hbond substituents is 2. The van der Waals surface area contributed by atoms with Crippen LogP contribution in [0, 0.1) is 6.92 Å². The summed E-state index contributed by atoms with van der Waals surface area (Å²) in [4.78, 5) is 12.4. The normalized spacial score (nSPS) is 18.6. The molecule has 0 saturated carbocycles. The van der Waals surface area contributed by atoms with Crippen molar-refractivity contribution in [2.75, 3.05) is 0 Å². The van der Waals surface area contributed by atoms with E-state index in [0.29, 0.717) is 6.42 Å². The molecular formula is C25H38O5. The Hall–Kier alpha value is -2.01. The molecule has 3 N–H and O–H groups in total. The molecule has 0 aliphatic carbocycles. The van der Waals surface area contributed by atoms with Gasteiger partial charge in [-0.2, -0.15) is 0 Å². The third-order valence-electron chi connectivity index (χ3n) is 5.84. The third-order valence-corrected chi connectivity index (χ3v) is 5.84. The molecule has 0 spiro atoms. The Morgan fingerprint density at radius 3 is 2.27 bits per heavy atom. The highest BCUT2D eigenvalue weighted by molar-refractivity contribution is 6.03. The molecule has 5 nitrogen and oxygen atoms in total. The molecule has 0 amide bonds. The topological polar surface area (TPSA) is 87.0 Å². The summed E-state index contributed by atoms with van der Waals surface area (Å²) in [7, 11) is 0. The minimum absolute atomic E-state index is 0.0511. The highest BCUT2D eigenvalue weighted by Gasteiger charge is 2.40. The maximum absolute atomic E-state index is 12.4. The number of aliphatic hydroxyl groups is 1. The fraction of sp³-hybridized carbons (Fsp3) is 0.640. The molecule has 1 aliphatic heterocycles. The van der Waals surface area contributed by atoms with Crippen LogP contribution in [0.25, 0.3) is 0 Å². The summed E-state index contributed by atoms with van der Waals surface area (Å²) in [5.41, 5.74) is 0.291. The number of benzene rings is 1. The number of ketones is 1. The number of aromatic hydroxyl groups is 2. The van der Waals surface area contributed by atoms with Crippen molar-refractivity contribution < 1.29 is 24.9 Å². The highest BCUT2D eigenvalue weighted by atomic mass is 16.6. The van der Waals surface area contributed by atoms with Crippen LogP contribution in [0.5, 0.6) is 17.2 Å². The van der Waals surface area contributed by atoms with Crippen LogP contribution in [0.1, 0.15) is 106 Å². The lowest BCUT2D eigenvalue weighted by Gasteiger charge is -2.34. The Bertz CT molecular complexity index is 725. The number of hydrogen-bond acceptors (Lipinski definition) is 5. The van der Waals surface area contributed by atoms with E-state index in [2.05, 4.69) is 19.1 Å². The number of Topliss-reactive ketones (excluding diaryl/α,β-unsaturated/α-hetero) is 1. The number of phenols is 2. The van der Waals surface area contributed by atoms with Gasteiger partial charge in [0.25, 0.3) is 0 Å². The van der Waals surface area contributed by atoms with Gasteiger partial charge >= 0.3 is 0 Å². The van der Waals surface area contributed by atoms with Gasteiger partial charge in [0.15, 0.2) is 5.78 Å². The van der Waals surface area contributed by atoms with Crippen molar-refractivity contribution in [3.63, 3.8) is 0 Å². The number of unbranched alkanes of at least 4 members (excludes halogenated alkanes) is 9. The Balaban J connectivity index is 1.64. The average Bonchev–Trinajstić information content (AvgIpc) is 2.69. The molecule has 30 heavy (non-hydrogen) atoms. The number of ether oxygens (including phenoxy) is 1. The van der Waals surface area contributed by atoms with Gasteiger partial charge in [0.1, 0.15) is 22.8 Å². The van der Waals surface area contributed by atoms with E-state index in [9.17, 15) is 20.1 Å². The summed E-state index contributed by atoms with van der Waals surface area (Å²) < 4.78 is 5.62.